The molecule has 1 amide bonds. The van der Waals surface area contributed by atoms with Crippen LogP contribution in [0.25, 0.3) is 0 Å². The first kappa shape index (κ1) is 16.6. The molecular formula is C19H26N4O. The topological polar surface area (TPSA) is 50.2 Å². The number of amides is 1. The maximum Gasteiger partial charge on any atom is 0.271 e. The number of carbonyl (C=O) groups excluding carboxylic acids is 1. The Hall–Kier alpha value is -2.30. The Kier molecular flexibility index (Phi) is 5.18. The average Bonchev–Trinajstić information content (AvgIpc) is 3.11. The molecule has 1 aliphatic heterocycles. The van der Waals surface area contributed by atoms with E-state index in [1.807, 2.05) is 16.9 Å². The van der Waals surface area contributed by atoms with Crippen LogP contribution in [0, 0.1) is 5.92 Å². The highest BCUT2D eigenvalue weighted by Gasteiger charge is 2.20. The van der Waals surface area contributed by atoms with E-state index in [0.717, 1.165) is 32.5 Å². The summed E-state index contributed by atoms with van der Waals surface area (Å²) in [5.74, 6) is 0.473. The van der Waals surface area contributed by atoms with E-state index in [0.29, 0.717) is 11.6 Å². The third-order valence-electron chi connectivity index (χ3n) is 4.66. The Morgan fingerprint density at radius 1 is 1.21 bits per heavy atom. The van der Waals surface area contributed by atoms with Crippen molar-refractivity contribution in [2.45, 2.75) is 32.7 Å². The van der Waals surface area contributed by atoms with Gasteiger partial charge in [-0.2, -0.15) is 5.10 Å². The number of hydrogen-bond donors (Lipinski definition) is 1. The van der Waals surface area contributed by atoms with Crippen molar-refractivity contribution in [1.82, 2.24) is 15.1 Å². The minimum absolute atomic E-state index is 0.0695. The molecule has 5 nitrogen and oxygen atoms in total. The molecule has 1 fully saturated rings. The van der Waals surface area contributed by atoms with Crippen LogP contribution in [-0.2, 0) is 0 Å². The second-order valence-corrected chi connectivity index (χ2v) is 6.75. The summed E-state index contributed by atoms with van der Waals surface area (Å²) >= 11 is 0. The van der Waals surface area contributed by atoms with Gasteiger partial charge < -0.3 is 10.2 Å². The van der Waals surface area contributed by atoms with Crippen molar-refractivity contribution in [3.63, 3.8) is 0 Å². The largest absolute Gasteiger partial charge is 0.372 e. The highest BCUT2D eigenvalue weighted by Crippen LogP contribution is 2.22. The van der Waals surface area contributed by atoms with Crippen molar-refractivity contribution in [2.75, 3.05) is 24.5 Å². The maximum atomic E-state index is 12.2. The highest BCUT2D eigenvalue weighted by atomic mass is 16.1. The van der Waals surface area contributed by atoms with Crippen LogP contribution in [0.2, 0.25) is 0 Å². The Morgan fingerprint density at radius 2 is 1.92 bits per heavy atom. The molecule has 1 aromatic heterocycles. The number of aromatic nitrogens is 2. The summed E-state index contributed by atoms with van der Waals surface area (Å²) in [7, 11) is 0. The van der Waals surface area contributed by atoms with Gasteiger partial charge in [0.2, 0.25) is 0 Å². The standard InChI is InChI=1S/C19H26N4O/c1-15(2)23-13-10-18(21-23)19(24)20-14-16-8-11-22(12-9-16)17-6-4-3-5-7-17/h3-7,10,13,15-16H,8-9,11-12,14H2,1-2H3,(H,20,24). The highest BCUT2D eigenvalue weighted by molar-refractivity contribution is 5.92. The van der Waals surface area contributed by atoms with Crippen molar-refractivity contribution in [3.05, 3.63) is 48.3 Å². The van der Waals surface area contributed by atoms with Gasteiger partial charge in [0.25, 0.3) is 5.91 Å². The number of hydrogen-bond acceptors (Lipinski definition) is 3. The molecule has 0 atom stereocenters. The number of piperidine rings is 1. The lowest BCUT2D eigenvalue weighted by Gasteiger charge is -2.33. The molecule has 128 valence electrons. The maximum absolute atomic E-state index is 12.2. The number of nitrogens with zero attached hydrogens (tertiary/aromatic N) is 3. The van der Waals surface area contributed by atoms with Gasteiger partial charge in [-0.05, 0) is 50.8 Å². The molecule has 0 bridgehead atoms. The lowest BCUT2D eigenvalue weighted by atomic mass is 9.96. The van der Waals surface area contributed by atoms with Gasteiger partial charge in [0.05, 0.1) is 0 Å². The number of para-hydroxylation sites is 1. The van der Waals surface area contributed by atoms with Gasteiger partial charge in [0.15, 0.2) is 0 Å². The zero-order valence-corrected chi connectivity index (χ0v) is 14.5. The van der Waals surface area contributed by atoms with E-state index < -0.39 is 0 Å². The summed E-state index contributed by atoms with van der Waals surface area (Å²) in [6, 6.07) is 12.6. The van der Waals surface area contributed by atoms with Crippen molar-refractivity contribution in [3.8, 4) is 0 Å². The Morgan fingerprint density at radius 3 is 2.54 bits per heavy atom. The molecule has 2 aromatic rings. The number of anilines is 1. The minimum atomic E-state index is -0.0695. The SMILES string of the molecule is CC(C)n1ccc(C(=O)NCC2CCN(c3ccccc3)CC2)n1. The van der Waals surface area contributed by atoms with Gasteiger partial charge in [0, 0.05) is 37.6 Å². The van der Waals surface area contributed by atoms with Crippen molar-refractivity contribution >= 4 is 11.6 Å². The van der Waals surface area contributed by atoms with Crippen LogP contribution in [0.3, 0.4) is 0 Å². The van der Waals surface area contributed by atoms with E-state index >= 15 is 0 Å². The monoisotopic (exact) mass is 326 g/mol. The predicted octanol–water partition coefficient (Wildman–Crippen LogP) is 3.11. The fraction of sp³-hybridized carbons (Fsp3) is 0.474. The average molecular weight is 326 g/mol. The van der Waals surface area contributed by atoms with E-state index in [2.05, 4.69) is 53.4 Å². The minimum Gasteiger partial charge on any atom is -0.372 e. The van der Waals surface area contributed by atoms with Crippen molar-refractivity contribution in [1.29, 1.82) is 0 Å². The number of benzene rings is 1. The van der Waals surface area contributed by atoms with Gasteiger partial charge in [-0.3, -0.25) is 9.48 Å². The van der Waals surface area contributed by atoms with Crippen molar-refractivity contribution < 1.29 is 4.79 Å². The summed E-state index contributed by atoms with van der Waals surface area (Å²) in [5, 5.41) is 7.36. The van der Waals surface area contributed by atoms with Gasteiger partial charge in [-0.25, -0.2) is 0 Å². The Bertz CT molecular complexity index is 657. The summed E-state index contributed by atoms with van der Waals surface area (Å²) in [5.41, 5.74) is 1.80. The summed E-state index contributed by atoms with van der Waals surface area (Å²) in [6.45, 7) is 6.93. The number of rotatable bonds is 5. The molecule has 1 aromatic carbocycles. The summed E-state index contributed by atoms with van der Waals surface area (Å²) in [4.78, 5) is 14.6. The summed E-state index contributed by atoms with van der Waals surface area (Å²) in [6.07, 6.45) is 4.07. The van der Waals surface area contributed by atoms with Crippen LogP contribution in [0.1, 0.15) is 43.2 Å². The molecule has 0 spiro atoms. The number of carbonyl (C=O) groups is 1. The van der Waals surface area contributed by atoms with Crippen LogP contribution < -0.4 is 10.2 Å². The Labute approximate surface area is 143 Å². The van der Waals surface area contributed by atoms with Gasteiger partial charge >= 0.3 is 0 Å². The first-order valence-corrected chi connectivity index (χ1v) is 8.77. The zero-order valence-electron chi connectivity index (χ0n) is 14.5. The van der Waals surface area contributed by atoms with E-state index in [4.69, 9.17) is 0 Å². The van der Waals surface area contributed by atoms with Crippen LogP contribution in [-0.4, -0.2) is 35.3 Å². The van der Waals surface area contributed by atoms with Crippen molar-refractivity contribution in [2.24, 2.45) is 5.92 Å². The van der Waals surface area contributed by atoms with Gasteiger partial charge in [-0.15, -0.1) is 0 Å². The van der Waals surface area contributed by atoms with Crippen LogP contribution >= 0.6 is 0 Å². The molecule has 24 heavy (non-hydrogen) atoms. The molecule has 0 aliphatic carbocycles. The molecule has 0 unspecified atom stereocenters. The predicted molar refractivity (Wildman–Crippen MR) is 96.3 cm³/mol. The second-order valence-electron chi connectivity index (χ2n) is 6.75. The molecule has 5 heteroatoms. The molecular weight excluding hydrogens is 300 g/mol. The quantitative estimate of drug-likeness (QED) is 0.918. The fourth-order valence-corrected chi connectivity index (χ4v) is 3.11. The normalized spacial score (nSPS) is 15.7. The first-order valence-electron chi connectivity index (χ1n) is 8.77. The molecule has 3 rings (SSSR count). The summed E-state index contributed by atoms with van der Waals surface area (Å²) < 4.78 is 1.81. The lowest BCUT2D eigenvalue weighted by molar-refractivity contribution is 0.0939. The smallest absolute Gasteiger partial charge is 0.271 e. The van der Waals surface area contributed by atoms with Gasteiger partial charge in [0.1, 0.15) is 5.69 Å². The van der Waals surface area contributed by atoms with E-state index in [9.17, 15) is 4.79 Å². The Balaban J connectivity index is 1.45. The van der Waals surface area contributed by atoms with Crippen LogP contribution in [0.5, 0.6) is 0 Å². The molecule has 1 N–H and O–H groups in total. The van der Waals surface area contributed by atoms with E-state index in [-0.39, 0.29) is 11.9 Å². The zero-order chi connectivity index (χ0) is 16.9. The molecule has 2 heterocycles. The lowest BCUT2D eigenvalue weighted by Crippen LogP contribution is -2.38. The van der Waals surface area contributed by atoms with E-state index in [1.165, 1.54) is 5.69 Å². The molecule has 1 saturated heterocycles. The third-order valence-corrected chi connectivity index (χ3v) is 4.66. The molecule has 1 aliphatic rings. The molecule has 0 saturated carbocycles. The molecule has 0 radical (unpaired) electrons. The van der Waals surface area contributed by atoms with Crippen LogP contribution in [0.15, 0.2) is 42.6 Å². The first-order chi connectivity index (χ1) is 11.6. The third kappa shape index (κ3) is 3.96. The number of nitrogens with one attached hydrogen (secondary N) is 1. The van der Waals surface area contributed by atoms with Gasteiger partial charge in [-0.1, -0.05) is 18.2 Å². The van der Waals surface area contributed by atoms with Crippen LogP contribution in [0.4, 0.5) is 5.69 Å². The van der Waals surface area contributed by atoms with E-state index in [1.54, 1.807) is 6.07 Å². The second kappa shape index (κ2) is 7.51. The fourth-order valence-electron chi connectivity index (χ4n) is 3.11.